The molecule has 144 valence electrons. The molecular weight excluding hydrogens is 356 g/mol. The van der Waals surface area contributed by atoms with Gasteiger partial charge in [-0.2, -0.15) is 5.26 Å². The summed E-state index contributed by atoms with van der Waals surface area (Å²) in [6.07, 6.45) is -0.861. The number of carbonyl (C=O) groups is 2. The SMILES string of the molecule is CC(C)(C#N)CN1C[C@H]2[C@@H](C1=O)C(F)(F)CN2C(=O)OCc1ccccc1. The van der Waals surface area contributed by atoms with E-state index in [0.29, 0.717) is 0 Å². The summed E-state index contributed by atoms with van der Waals surface area (Å²) in [5, 5.41) is 9.14. The van der Waals surface area contributed by atoms with E-state index in [9.17, 15) is 18.4 Å². The summed E-state index contributed by atoms with van der Waals surface area (Å²) >= 11 is 0. The van der Waals surface area contributed by atoms with Gasteiger partial charge < -0.3 is 9.64 Å². The van der Waals surface area contributed by atoms with Gasteiger partial charge in [0.15, 0.2) is 0 Å². The minimum absolute atomic E-state index is 0.0232. The summed E-state index contributed by atoms with van der Waals surface area (Å²) in [5.41, 5.74) is -0.115. The highest BCUT2D eigenvalue weighted by Crippen LogP contribution is 2.43. The maximum atomic E-state index is 14.4. The zero-order valence-electron chi connectivity index (χ0n) is 15.2. The van der Waals surface area contributed by atoms with E-state index in [2.05, 4.69) is 6.07 Å². The Balaban J connectivity index is 1.72. The molecule has 0 bridgehead atoms. The van der Waals surface area contributed by atoms with Gasteiger partial charge in [0.25, 0.3) is 5.92 Å². The van der Waals surface area contributed by atoms with Crippen molar-refractivity contribution in [1.29, 1.82) is 5.26 Å². The zero-order chi connectivity index (χ0) is 19.8. The van der Waals surface area contributed by atoms with E-state index in [-0.39, 0.29) is 19.7 Å². The fourth-order valence-corrected chi connectivity index (χ4v) is 3.62. The molecule has 2 aliphatic rings. The number of amides is 2. The summed E-state index contributed by atoms with van der Waals surface area (Å²) in [5.74, 6) is -5.62. The molecule has 2 saturated heterocycles. The third-order valence-electron chi connectivity index (χ3n) is 4.93. The van der Waals surface area contributed by atoms with Gasteiger partial charge in [0.1, 0.15) is 12.5 Å². The molecule has 1 aromatic rings. The molecule has 0 radical (unpaired) electrons. The number of nitriles is 1. The number of hydrogen-bond donors (Lipinski definition) is 0. The molecule has 6 nitrogen and oxygen atoms in total. The van der Waals surface area contributed by atoms with Crippen LogP contribution in [0.5, 0.6) is 0 Å². The molecule has 0 saturated carbocycles. The first kappa shape index (κ1) is 19.1. The predicted molar refractivity (Wildman–Crippen MR) is 91.5 cm³/mol. The first-order valence-corrected chi connectivity index (χ1v) is 8.70. The number of likely N-dealkylation sites (tertiary alicyclic amines) is 2. The van der Waals surface area contributed by atoms with Gasteiger partial charge in [-0.05, 0) is 19.4 Å². The molecule has 2 aliphatic heterocycles. The van der Waals surface area contributed by atoms with Gasteiger partial charge >= 0.3 is 6.09 Å². The molecule has 0 aliphatic carbocycles. The van der Waals surface area contributed by atoms with Crippen molar-refractivity contribution < 1.29 is 23.1 Å². The summed E-state index contributed by atoms with van der Waals surface area (Å²) in [4.78, 5) is 27.1. The summed E-state index contributed by atoms with van der Waals surface area (Å²) in [6.45, 7) is 2.43. The second kappa shape index (κ2) is 6.80. The van der Waals surface area contributed by atoms with Gasteiger partial charge in [-0.1, -0.05) is 30.3 Å². The van der Waals surface area contributed by atoms with Crippen molar-refractivity contribution in [2.75, 3.05) is 19.6 Å². The monoisotopic (exact) mass is 377 g/mol. The first-order valence-electron chi connectivity index (χ1n) is 8.70. The molecule has 2 fully saturated rings. The fourth-order valence-electron chi connectivity index (χ4n) is 3.62. The Kier molecular flexibility index (Phi) is 4.81. The van der Waals surface area contributed by atoms with E-state index in [4.69, 9.17) is 10.00 Å². The number of alkyl halides is 2. The van der Waals surface area contributed by atoms with Gasteiger partial charge in [0.05, 0.1) is 24.1 Å². The van der Waals surface area contributed by atoms with E-state index < -0.39 is 41.8 Å². The van der Waals surface area contributed by atoms with Crippen LogP contribution in [0, 0.1) is 22.7 Å². The molecular formula is C19H21F2N3O3. The lowest BCUT2D eigenvalue weighted by molar-refractivity contribution is -0.140. The molecule has 0 N–H and O–H groups in total. The number of rotatable bonds is 4. The third-order valence-corrected chi connectivity index (χ3v) is 4.93. The molecule has 2 heterocycles. The van der Waals surface area contributed by atoms with Gasteiger partial charge in [-0.15, -0.1) is 0 Å². The Labute approximate surface area is 156 Å². The summed E-state index contributed by atoms with van der Waals surface area (Å²) in [6, 6.07) is 10.0. The number of fused-ring (bicyclic) bond motifs is 1. The molecule has 0 spiro atoms. The van der Waals surface area contributed by atoms with Crippen LogP contribution in [0.1, 0.15) is 19.4 Å². The standard InChI is InChI=1S/C19H21F2N3O3/c1-18(2,10-22)11-23-8-14-15(16(23)25)19(20,21)12-24(14)17(26)27-9-13-6-4-3-5-7-13/h3-7,14-15H,8-9,11-12H2,1-2H3/t14-,15-/m0/s1. The van der Waals surface area contributed by atoms with Crippen LogP contribution in [0.2, 0.25) is 0 Å². The van der Waals surface area contributed by atoms with Gasteiger partial charge in [-0.3, -0.25) is 9.69 Å². The Morgan fingerprint density at radius 3 is 2.67 bits per heavy atom. The molecule has 0 unspecified atom stereocenters. The molecule has 27 heavy (non-hydrogen) atoms. The Morgan fingerprint density at radius 1 is 1.37 bits per heavy atom. The average Bonchev–Trinajstić information content (AvgIpc) is 3.08. The average molecular weight is 377 g/mol. The zero-order valence-corrected chi connectivity index (χ0v) is 15.2. The van der Waals surface area contributed by atoms with E-state index in [1.54, 1.807) is 38.1 Å². The van der Waals surface area contributed by atoms with Crippen LogP contribution >= 0.6 is 0 Å². The third kappa shape index (κ3) is 3.72. The first-order chi connectivity index (χ1) is 12.6. The minimum Gasteiger partial charge on any atom is -0.445 e. The van der Waals surface area contributed by atoms with Crippen LogP contribution in [0.3, 0.4) is 0 Å². The molecule has 0 aromatic heterocycles. The number of carbonyl (C=O) groups excluding carboxylic acids is 2. The van der Waals surface area contributed by atoms with Crippen LogP contribution in [0.25, 0.3) is 0 Å². The fraction of sp³-hybridized carbons (Fsp3) is 0.526. The van der Waals surface area contributed by atoms with Crippen LogP contribution in [0.4, 0.5) is 13.6 Å². The topological polar surface area (TPSA) is 73.6 Å². The number of nitrogens with zero attached hydrogens (tertiary/aromatic N) is 3. The lowest BCUT2D eigenvalue weighted by Crippen LogP contribution is -2.43. The Morgan fingerprint density at radius 2 is 2.04 bits per heavy atom. The van der Waals surface area contributed by atoms with Crippen LogP contribution in [-0.2, 0) is 16.1 Å². The van der Waals surface area contributed by atoms with Crippen molar-refractivity contribution in [3.8, 4) is 6.07 Å². The van der Waals surface area contributed by atoms with E-state index in [1.165, 1.54) is 4.90 Å². The summed E-state index contributed by atoms with van der Waals surface area (Å²) in [7, 11) is 0. The second-order valence-electron chi connectivity index (χ2n) is 7.69. The number of halogens is 2. The molecule has 8 heteroatoms. The molecule has 2 amide bonds. The van der Waals surface area contributed by atoms with Crippen LogP contribution in [0.15, 0.2) is 30.3 Å². The highest BCUT2D eigenvalue weighted by atomic mass is 19.3. The normalized spacial score (nSPS) is 23.9. The highest BCUT2D eigenvalue weighted by molar-refractivity contribution is 5.85. The Bertz CT molecular complexity index is 776. The number of ether oxygens (including phenoxy) is 1. The van der Waals surface area contributed by atoms with Crippen molar-refractivity contribution in [3.05, 3.63) is 35.9 Å². The second-order valence-corrected chi connectivity index (χ2v) is 7.69. The maximum Gasteiger partial charge on any atom is 0.410 e. The predicted octanol–water partition coefficient (Wildman–Crippen LogP) is 2.65. The van der Waals surface area contributed by atoms with Gasteiger partial charge in [0.2, 0.25) is 5.91 Å². The smallest absolute Gasteiger partial charge is 0.410 e. The maximum absolute atomic E-state index is 14.4. The highest BCUT2D eigenvalue weighted by Gasteiger charge is 2.64. The van der Waals surface area contributed by atoms with E-state index in [0.717, 1.165) is 10.5 Å². The molecule has 1 aromatic carbocycles. The molecule has 2 atom stereocenters. The Hall–Kier alpha value is -2.69. The molecule has 3 rings (SSSR count). The summed E-state index contributed by atoms with van der Waals surface area (Å²) < 4.78 is 34.1. The minimum atomic E-state index is -3.32. The van der Waals surface area contributed by atoms with Crippen molar-refractivity contribution >= 4 is 12.0 Å². The quantitative estimate of drug-likeness (QED) is 0.809. The van der Waals surface area contributed by atoms with E-state index in [1.807, 2.05) is 6.07 Å². The van der Waals surface area contributed by atoms with Crippen molar-refractivity contribution in [3.63, 3.8) is 0 Å². The van der Waals surface area contributed by atoms with Crippen molar-refractivity contribution in [1.82, 2.24) is 9.80 Å². The lowest BCUT2D eigenvalue weighted by atomic mass is 9.95. The van der Waals surface area contributed by atoms with Gasteiger partial charge in [-0.25, -0.2) is 13.6 Å². The largest absolute Gasteiger partial charge is 0.445 e. The van der Waals surface area contributed by atoms with Crippen LogP contribution < -0.4 is 0 Å². The van der Waals surface area contributed by atoms with Crippen molar-refractivity contribution in [2.24, 2.45) is 11.3 Å². The van der Waals surface area contributed by atoms with Gasteiger partial charge in [0, 0.05) is 13.1 Å². The van der Waals surface area contributed by atoms with E-state index >= 15 is 0 Å². The van der Waals surface area contributed by atoms with Crippen LogP contribution in [-0.4, -0.2) is 53.4 Å². The lowest BCUT2D eigenvalue weighted by Gasteiger charge is -2.27. The number of hydrogen-bond acceptors (Lipinski definition) is 4. The van der Waals surface area contributed by atoms with Crippen molar-refractivity contribution in [2.45, 2.75) is 32.4 Å². The number of benzene rings is 1.